The van der Waals surface area contributed by atoms with Crippen LogP contribution in [0.5, 0.6) is 5.75 Å². The predicted molar refractivity (Wildman–Crippen MR) is 125 cm³/mol. The molecule has 1 heterocycles. The third kappa shape index (κ3) is 6.55. The molecule has 3 rings (SSSR count). The Morgan fingerprint density at radius 2 is 1.88 bits per heavy atom. The number of halogens is 1. The van der Waals surface area contributed by atoms with Crippen molar-refractivity contribution in [2.45, 2.75) is 39.3 Å². The molecule has 0 saturated carbocycles. The number of hydrogen-bond donors (Lipinski definition) is 1. The van der Waals surface area contributed by atoms with Crippen LogP contribution in [0.15, 0.2) is 52.9 Å². The summed E-state index contributed by atoms with van der Waals surface area (Å²) in [5.41, 5.74) is 1.45. The number of carbonyl (C=O) groups excluding carboxylic acids is 2. The fraction of sp³-hybridized carbons (Fsp3) is 0.333. The third-order valence-electron chi connectivity index (χ3n) is 5.02. The number of amides is 2. The molecule has 2 amide bonds. The maximum Gasteiger partial charge on any atom is 0.249 e. The van der Waals surface area contributed by atoms with Gasteiger partial charge in [-0.3, -0.25) is 9.59 Å². The van der Waals surface area contributed by atoms with Crippen LogP contribution < -0.4 is 10.1 Å². The number of hydrogen-bond acceptors (Lipinski definition) is 6. The number of rotatable bonds is 10. The molecule has 174 valence electrons. The molecule has 9 heteroatoms. The fourth-order valence-electron chi connectivity index (χ4n) is 3.42. The van der Waals surface area contributed by atoms with Gasteiger partial charge in [0.2, 0.25) is 23.6 Å². The van der Waals surface area contributed by atoms with Gasteiger partial charge >= 0.3 is 0 Å². The molecule has 0 saturated heterocycles. The number of ether oxygens (including phenoxy) is 1. The van der Waals surface area contributed by atoms with Gasteiger partial charge in [-0.15, -0.1) is 10.2 Å². The van der Waals surface area contributed by atoms with Crippen molar-refractivity contribution < 1.29 is 18.7 Å². The summed E-state index contributed by atoms with van der Waals surface area (Å²) >= 11 is 6.22. The SMILES string of the molecule is CCCN(Cc1nnc(-c2ccccc2Cl)o1)C(=O)CC(NC(C)=O)c1ccc(OC)cc1. The van der Waals surface area contributed by atoms with Crippen LogP contribution in [0.1, 0.15) is 44.2 Å². The summed E-state index contributed by atoms with van der Waals surface area (Å²) in [6, 6.07) is 14.0. The van der Waals surface area contributed by atoms with E-state index in [1.165, 1.54) is 6.92 Å². The molecule has 0 spiro atoms. The van der Waals surface area contributed by atoms with Crippen molar-refractivity contribution in [2.75, 3.05) is 13.7 Å². The quantitative estimate of drug-likeness (QED) is 0.471. The highest BCUT2D eigenvalue weighted by molar-refractivity contribution is 6.33. The summed E-state index contributed by atoms with van der Waals surface area (Å²) in [6.07, 6.45) is 0.849. The van der Waals surface area contributed by atoms with Crippen LogP contribution in [0, 0.1) is 0 Å². The van der Waals surface area contributed by atoms with Crippen LogP contribution in [0.25, 0.3) is 11.5 Å². The molecule has 0 aliphatic heterocycles. The minimum Gasteiger partial charge on any atom is -0.497 e. The second-order valence-electron chi connectivity index (χ2n) is 7.53. The van der Waals surface area contributed by atoms with Gasteiger partial charge in [0.15, 0.2) is 0 Å². The molecule has 0 aliphatic carbocycles. The zero-order valence-corrected chi connectivity index (χ0v) is 19.6. The Morgan fingerprint density at radius 1 is 1.15 bits per heavy atom. The smallest absolute Gasteiger partial charge is 0.249 e. The highest BCUT2D eigenvalue weighted by Gasteiger charge is 2.23. The van der Waals surface area contributed by atoms with Gasteiger partial charge in [0.1, 0.15) is 5.75 Å². The molecule has 0 fully saturated rings. The summed E-state index contributed by atoms with van der Waals surface area (Å²) in [5, 5.41) is 11.5. The Labute approximate surface area is 197 Å². The largest absolute Gasteiger partial charge is 0.497 e. The summed E-state index contributed by atoms with van der Waals surface area (Å²) in [5.74, 6) is 0.960. The number of nitrogens with zero attached hydrogens (tertiary/aromatic N) is 3. The monoisotopic (exact) mass is 470 g/mol. The van der Waals surface area contributed by atoms with Gasteiger partial charge in [-0.25, -0.2) is 0 Å². The highest BCUT2D eigenvalue weighted by atomic mass is 35.5. The molecule has 0 aliphatic rings. The average molecular weight is 471 g/mol. The number of aromatic nitrogens is 2. The normalized spacial score (nSPS) is 11.6. The third-order valence-corrected chi connectivity index (χ3v) is 5.35. The van der Waals surface area contributed by atoms with E-state index in [0.717, 1.165) is 12.0 Å². The molecule has 3 aromatic rings. The average Bonchev–Trinajstić information content (AvgIpc) is 3.26. The lowest BCUT2D eigenvalue weighted by Crippen LogP contribution is -2.36. The highest BCUT2D eigenvalue weighted by Crippen LogP contribution is 2.27. The van der Waals surface area contributed by atoms with E-state index in [9.17, 15) is 9.59 Å². The Balaban J connectivity index is 1.75. The van der Waals surface area contributed by atoms with E-state index in [4.69, 9.17) is 20.8 Å². The van der Waals surface area contributed by atoms with Crippen LogP contribution in [0.3, 0.4) is 0 Å². The van der Waals surface area contributed by atoms with Gasteiger partial charge in [0, 0.05) is 13.5 Å². The molecule has 1 aromatic heterocycles. The first-order valence-electron chi connectivity index (χ1n) is 10.7. The van der Waals surface area contributed by atoms with Gasteiger partial charge in [-0.2, -0.15) is 0 Å². The first kappa shape index (κ1) is 24.3. The van der Waals surface area contributed by atoms with Crippen molar-refractivity contribution in [3.05, 3.63) is 65.0 Å². The minimum absolute atomic E-state index is 0.0947. The molecule has 8 nitrogen and oxygen atoms in total. The molecule has 1 atom stereocenters. The van der Waals surface area contributed by atoms with E-state index in [1.807, 2.05) is 31.2 Å². The summed E-state index contributed by atoms with van der Waals surface area (Å²) < 4.78 is 11.0. The zero-order chi connectivity index (χ0) is 23.8. The van der Waals surface area contributed by atoms with Crippen LogP contribution in [0.4, 0.5) is 0 Å². The molecule has 1 N–H and O–H groups in total. The van der Waals surface area contributed by atoms with Crippen molar-refractivity contribution in [3.63, 3.8) is 0 Å². The van der Waals surface area contributed by atoms with E-state index in [-0.39, 0.29) is 24.8 Å². The standard InChI is InChI=1S/C24H27ClN4O4/c1-4-13-29(15-22-27-28-24(33-22)19-7-5-6-8-20(19)25)23(31)14-21(26-16(2)30)17-9-11-18(32-3)12-10-17/h5-12,21H,4,13-15H2,1-3H3,(H,26,30). The first-order valence-corrected chi connectivity index (χ1v) is 11.0. The maximum absolute atomic E-state index is 13.2. The summed E-state index contributed by atoms with van der Waals surface area (Å²) in [4.78, 5) is 26.6. The second kappa shape index (κ2) is 11.5. The van der Waals surface area contributed by atoms with Crippen molar-refractivity contribution in [1.29, 1.82) is 0 Å². The topological polar surface area (TPSA) is 97.6 Å². The lowest BCUT2D eigenvalue weighted by atomic mass is 10.0. The van der Waals surface area contributed by atoms with E-state index in [0.29, 0.717) is 34.7 Å². The van der Waals surface area contributed by atoms with Crippen molar-refractivity contribution in [1.82, 2.24) is 20.4 Å². The molecular weight excluding hydrogens is 444 g/mol. The zero-order valence-electron chi connectivity index (χ0n) is 18.9. The van der Waals surface area contributed by atoms with Gasteiger partial charge in [0.05, 0.1) is 36.7 Å². The van der Waals surface area contributed by atoms with Gasteiger partial charge in [0.25, 0.3) is 0 Å². The van der Waals surface area contributed by atoms with E-state index < -0.39 is 6.04 Å². The van der Waals surface area contributed by atoms with Gasteiger partial charge in [-0.1, -0.05) is 42.8 Å². The number of nitrogens with one attached hydrogen (secondary N) is 1. The van der Waals surface area contributed by atoms with E-state index in [1.54, 1.807) is 36.3 Å². The van der Waals surface area contributed by atoms with Crippen LogP contribution in [-0.4, -0.2) is 40.6 Å². The van der Waals surface area contributed by atoms with Crippen LogP contribution in [0.2, 0.25) is 5.02 Å². The number of methoxy groups -OCH3 is 1. The lowest BCUT2D eigenvalue weighted by Gasteiger charge is -2.24. The van der Waals surface area contributed by atoms with Gasteiger partial charge in [-0.05, 0) is 36.2 Å². The van der Waals surface area contributed by atoms with Crippen molar-refractivity contribution >= 4 is 23.4 Å². The summed E-state index contributed by atoms with van der Waals surface area (Å²) in [6.45, 7) is 4.09. The Hall–Kier alpha value is -3.39. The maximum atomic E-state index is 13.2. The summed E-state index contributed by atoms with van der Waals surface area (Å²) in [7, 11) is 1.58. The van der Waals surface area contributed by atoms with Crippen molar-refractivity contribution in [3.8, 4) is 17.2 Å². The minimum atomic E-state index is -0.471. The molecular formula is C24H27ClN4O4. The Morgan fingerprint density at radius 3 is 2.52 bits per heavy atom. The Kier molecular flexibility index (Phi) is 8.43. The second-order valence-corrected chi connectivity index (χ2v) is 7.93. The molecule has 0 bridgehead atoms. The van der Waals surface area contributed by atoms with E-state index in [2.05, 4.69) is 15.5 Å². The lowest BCUT2D eigenvalue weighted by molar-refractivity contribution is -0.133. The molecule has 33 heavy (non-hydrogen) atoms. The van der Waals surface area contributed by atoms with Crippen LogP contribution >= 0.6 is 11.6 Å². The van der Waals surface area contributed by atoms with Gasteiger partial charge < -0.3 is 19.4 Å². The molecule has 0 radical (unpaired) electrons. The van der Waals surface area contributed by atoms with Crippen LogP contribution in [-0.2, 0) is 16.1 Å². The molecule has 1 unspecified atom stereocenters. The fourth-order valence-corrected chi connectivity index (χ4v) is 3.64. The van der Waals surface area contributed by atoms with Crippen molar-refractivity contribution in [2.24, 2.45) is 0 Å². The predicted octanol–water partition coefficient (Wildman–Crippen LogP) is 4.40. The Bertz CT molecular complexity index is 1080. The first-order chi connectivity index (χ1) is 15.9. The number of carbonyl (C=O) groups is 2. The molecule has 2 aromatic carbocycles. The van der Waals surface area contributed by atoms with E-state index >= 15 is 0 Å². The number of benzene rings is 2.